The maximum absolute atomic E-state index is 11.6. The summed E-state index contributed by atoms with van der Waals surface area (Å²) in [6.45, 7) is 0. The van der Waals surface area contributed by atoms with Crippen LogP contribution in [0.15, 0.2) is 41.7 Å². The molecule has 2 heterocycles. The second-order valence-corrected chi connectivity index (χ2v) is 3.18. The Bertz CT molecular complexity index is 592. The number of carbonyl (C=O) groups is 1. The maximum atomic E-state index is 11.6. The lowest BCUT2D eigenvalue weighted by molar-refractivity contribution is 0.0600. The molecular weight excluding hydrogens is 222 g/mol. The zero-order valence-electron chi connectivity index (χ0n) is 9.03. The van der Waals surface area contributed by atoms with Crippen molar-refractivity contribution in [3.8, 4) is 5.82 Å². The number of nitrogens with zero attached hydrogens (tertiary/aromatic N) is 3. The van der Waals surface area contributed by atoms with Gasteiger partial charge in [-0.3, -0.25) is 14.3 Å². The van der Waals surface area contributed by atoms with Crippen LogP contribution in [0, 0.1) is 0 Å². The van der Waals surface area contributed by atoms with E-state index in [1.165, 1.54) is 48.6 Å². The first kappa shape index (κ1) is 11.0. The van der Waals surface area contributed by atoms with Gasteiger partial charge in [0.25, 0.3) is 5.56 Å². The molecule has 0 saturated heterocycles. The lowest BCUT2D eigenvalue weighted by Crippen LogP contribution is -2.19. The molecule has 6 heteroatoms. The molecule has 0 amide bonds. The molecule has 0 bridgehead atoms. The van der Waals surface area contributed by atoms with E-state index >= 15 is 0 Å². The van der Waals surface area contributed by atoms with Gasteiger partial charge in [-0.15, -0.1) is 0 Å². The summed E-state index contributed by atoms with van der Waals surface area (Å²) in [5.41, 5.74) is -0.0177. The molecular formula is C11H9N3O3. The molecule has 0 aromatic carbocycles. The van der Waals surface area contributed by atoms with Crippen LogP contribution in [0.1, 0.15) is 10.4 Å². The smallest absolute Gasteiger partial charge is 0.339 e. The van der Waals surface area contributed by atoms with Gasteiger partial charge in [0.05, 0.1) is 18.9 Å². The Kier molecular flexibility index (Phi) is 2.95. The Morgan fingerprint density at radius 3 is 2.82 bits per heavy atom. The average Bonchev–Trinajstić information content (AvgIpc) is 2.39. The quantitative estimate of drug-likeness (QED) is 0.700. The van der Waals surface area contributed by atoms with Crippen molar-refractivity contribution in [1.29, 1.82) is 0 Å². The van der Waals surface area contributed by atoms with E-state index in [9.17, 15) is 9.59 Å². The van der Waals surface area contributed by atoms with E-state index in [1.807, 2.05) is 0 Å². The van der Waals surface area contributed by atoms with Crippen LogP contribution in [0.5, 0.6) is 0 Å². The number of rotatable bonds is 2. The number of hydrogen-bond donors (Lipinski definition) is 0. The Labute approximate surface area is 96.5 Å². The minimum absolute atomic E-state index is 0.276. The molecule has 0 radical (unpaired) electrons. The number of methoxy groups -OCH3 is 1. The van der Waals surface area contributed by atoms with Crippen LogP contribution < -0.4 is 5.56 Å². The van der Waals surface area contributed by atoms with Crippen molar-refractivity contribution in [3.05, 3.63) is 52.8 Å². The predicted molar refractivity (Wildman–Crippen MR) is 59.0 cm³/mol. The molecule has 0 aliphatic rings. The minimum atomic E-state index is -0.511. The van der Waals surface area contributed by atoms with Crippen LogP contribution in [0.3, 0.4) is 0 Å². The van der Waals surface area contributed by atoms with E-state index in [4.69, 9.17) is 0 Å². The van der Waals surface area contributed by atoms with Crippen molar-refractivity contribution < 1.29 is 9.53 Å². The molecule has 17 heavy (non-hydrogen) atoms. The summed E-state index contributed by atoms with van der Waals surface area (Å²) < 4.78 is 5.81. The highest BCUT2D eigenvalue weighted by Gasteiger charge is 2.08. The molecule has 2 aromatic rings. The van der Waals surface area contributed by atoms with Gasteiger partial charge in [0, 0.05) is 24.7 Å². The van der Waals surface area contributed by atoms with Crippen LogP contribution in [0.2, 0.25) is 0 Å². The highest BCUT2D eigenvalue weighted by molar-refractivity contribution is 5.88. The van der Waals surface area contributed by atoms with Crippen LogP contribution >= 0.6 is 0 Å². The Hall–Kier alpha value is -2.50. The molecule has 0 unspecified atom stereocenters. The van der Waals surface area contributed by atoms with E-state index in [1.54, 1.807) is 0 Å². The summed E-state index contributed by atoms with van der Waals surface area (Å²) in [6.07, 6.45) is 5.77. The number of aromatic nitrogens is 3. The fraction of sp³-hybridized carbons (Fsp3) is 0.0909. The van der Waals surface area contributed by atoms with Gasteiger partial charge in [0.2, 0.25) is 0 Å². The number of carbonyl (C=O) groups excluding carboxylic acids is 1. The van der Waals surface area contributed by atoms with E-state index in [0.29, 0.717) is 5.82 Å². The predicted octanol–water partition coefficient (Wildman–Crippen LogP) is 0.414. The van der Waals surface area contributed by atoms with E-state index in [-0.39, 0.29) is 11.1 Å². The first-order chi connectivity index (χ1) is 8.22. The van der Waals surface area contributed by atoms with Crippen LogP contribution in [0.4, 0.5) is 0 Å². The third kappa shape index (κ3) is 2.20. The van der Waals surface area contributed by atoms with Crippen molar-refractivity contribution in [2.45, 2.75) is 0 Å². The fourth-order valence-electron chi connectivity index (χ4n) is 1.32. The van der Waals surface area contributed by atoms with Gasteiger partial charge in [-0.1, -0.05) is 0 Å². The lowest BCUT2D eigenvalue weighted by atomic mass is 10.3. The van der Waals surface area contributed by atoms with Crippen molar-refractivity contribution >= 4 is 5.97 Å². The molecule has 0 aliphatic heterocycles. The van der Waals surface area contributed by atoms with E-state index in [0.717, 1.165) is 0 Å². The molecule has 0 N–H and O–H groups in total. The molecule has 2 aromatic heterocycles. The summed E-state index contributed by atoms with van der Waals surface area (Å²) in [6, 6.07) is 2.68. The van der Waals surface area contributed by atoms with Gasteiger partial charge in [0.15, 0.2) is 5.82 Å². The SMILES string of the molecule is COC(=O)c1ccc(=O)n(-c2cnccn2)c1. The summed E-state index contributed by atoms with van der Waals surface area (Å²) in [7, 11) is 1.28. The third-order valence-electron chi connectivity index (χ3n) is 2.13. The Morgan fingerprint density at radius 2 is 2.18 bits per heavy atom. The van der Waals surface area contributed by atoms with Crippen molar-refractivity contribution in [1.82, 2.24) is 14.5 Å². The first-order valence-electron chi connectivity index (χ1n) is 4.80. The highest BCUT2D eigenvalue weighted by atomic mass is 16.5. The molecule has 86 valence electrons. The fourth-order valence-corrected chi connectivity index (χ4v) is 1.32. The summed E-state index contributed by atoms with van der Waals surface area (Å²) in [4.78, 5) is 30.8. The van der Waals surface area contributed by atoms with Crippen LogP contribution in [-0.4, -0.2) is 27.6 Å². The Morgan fingerprint density at radius 1 is 1.35 bits per heavy atom. The lowest BCUT2D eigenvalue weighted by Gasteiger charge is -2.05. The monoisotopic (exact) mass is 231 g/mol. The number of esters is 1. The van der Waals surface area contributed by atoms with Gasteiger partial charge in [-0.25, -0.2) is 9.78 Å². The second kappa shape index (κ2) is 4.56. The van der Waals surface area contributed by atoms with Gasteiger partial charge in [-0.05, 0) is 6.07 Å². The zero-order valence-corrected chi connectivity index (χ0v) is 9.03. The zero-order chi connectivity index (χ0) is 12.3. The largest absolute Gasteiger partial charge is 0.465 e. The van der Waals surface area contributed by atoms with E-state index < -0.39 is 5.97 Å². The van der Waals surface area contributed by atoms with Gasteiger partial charge >= 0.3 is 5.97 Å². The summed E-state index contributed by atoms with van der Waals surface area (Å²) >= 11 is 0. The summed E-state index contributed by atoms with van der Waals surface area (Å²) in [5.74, 6) is -0.161. The van der Waals surface area contributed by atoms with Crippen molar-refractivity contribution in [2.75, 3.05) is 7.11 Å². The standard InChI is InChI=1S/C11H9N3O3/c1-17-11(16)8-2-3-10(15)14(7-8)9-6-12-4-5-13-9/h2-7H,1H3. The normalized spacial score (nSPS) is 9.94. The summed E-state index contributed by atoms with van der Waals surface area (Å²) in [5, 5.41) is 0. The van der Waals surface area contributed by atoms with Gasteiger partial charge in [0.1, 0.15) is 0 Å². The van der Waals surface area contributed by atoms with Crippen LogP contribution in [-0.2, 0) is 4.74 Å². The van der Waals surface area contributed by atoms with Crippen molar-refractivity contribution in [3.63, 3.8) is 0 Å². The number of pyridine rings is 1. The molecule has 0 spiro atoms. The van der Waals surface area contributed by atoms with Gasteiger partial charge < -0.3 is 4.74 Å². The molecule has 0 fully saturated rings. The molecule has 2 rings (SSSR count). The van der Waals surface area contributed by atoms with Crippen LogP contribution in [0.25, 0.3) is 5.82 Å². The first-order valence-corrected chi connectivity index (χ1v) is 4.80. The number of ether oxygens (including phenoxy) is 1. The topological polar surface area (TPSA) is 74.1 Å². The molecule has 0 aliphatic carbocycles. The maximum Gasteiger partial charge on any atom is 0.339 e. The third-order valence-corrected chi connectivity index (χ3v) is 2.13. The second-order valence-electron chi connectivity index (χ2n) is 3.18. The average molecular weight is 231 g/mol. The van der Waals surface area contributed by atoms with Gasteiger partial charge in [-0.2, -0.15) is 0 Å². The molecule has 0 saturated carbocycles. The van der Waals surface area contributed by atoms with E-state index in [2.05, 4.69) is 14.7 Å². The molecule has 0 atom stereocenters. The highest BCUT2D eigenvalue weighted by Crippen LogP contribution is 2.02. The van der Waals surface area contributed by atoms with Crippen molar-refractivity contribution in [2.24, 2.45) is 0 Å². The number of hydrogen-bond acceptors (Lipinski definition) is 5. The minimum Gasteiger partial charge on any atom is -0.465 e. The Balaban J connectivity index is 2.55. The molecule has 6 nitrogen and oxygen atoms in total.